The van der Waals surface area contributed by atoms with Crippen LogP contribution in [0.2, 0.25) is 6.32 Å². The second-order valence-electron chi connectivity index (χ2n) is 5.54. The van der Waals surface area contributed by atoms with Crippen LogP contribution in [0.1, 0.15) is 38.5 Å². The second kappa shape index (κ2) is 6.16. The van der Waals surface area contributed by atoms with Gasteiger partial charge < -0.3 is 14.9 Å². The molecule has 1 aliphatic heterocycles. The third-order valence-corrected chi connectivity index (χ3v) is 4.29. The first-order valence-electron chi connectivity index (χ1n) is 6.91. The second-order valence-corrected chi connectivity index (χ2v) is 5.54. The molecule has 1 aliphatic carbocycles. The predicted molar refractivity (Wildman–Crippen MR) is 66.4 cm³/mol. The van der Waals surface area contributed by atoms with E-state index in [1.807, 2.05) is 0 Å². The van der Waals surface area contributed by atoms with E-state index in [1.165, 1.54) is 0 Å². The van der Waals surface area contributed by atoms with Crippen LogP contribution in [0.5, 0.6) is 0 Å². The third-order valence-electron chi connectivity index (χ3n) is 4.29. The van der Waals surface area contributed by atoms with Crippen LogP contribution in [0.4, 0.5) is 4.39 Å². The van der Waals surface area contributed by atoms with Gasteiger partial charge in [-0.3, -0.25) is 0 Å². The van der Waals surface area contributed by atoms with Crippen molar-refractivity contribution in [2.45, 2.75) is 57.1 Å². The van der Waals surface area contributed by atoms with Crippen LogP contribution in [0.15, 0.2) is 0 Å². The largest absolute Gasteiger partial charge is 0.451 e. The highest BCUT2D eigenvalue weighted by molar-refractivity contribution is 6.40. The number of unbranched alkanes of at least 4 members (excludes halogenated alkanes) is 1. The van der Waals surface area contributed by atoms with Crippen LogP contribution in [0.3, 0.4) is 0 Å². The fourth-order valence-corrected chi connectivity index (χ4v) is 3.40. The van der Waals surface area contributed by atoms with Gasteiger partial charge in [-0.05, 0) is 57.4 Å². The smallest absolute Gasteiger partial charge is 0.427 e. The summed E-state index contributed by atoms with van der Waals surface area (Å²) in [6.45, 7) is 2.13. The number of rotatable bonds is 5. The number of hydrogen-bond donors (Lipinski definition) is 2. The van der Waals surface area contributed by atoms with E-state index in [4.69, 9.17) is 10.0 Å². The van der Waals surface area contributed by atoms with Gasteiger partial charge in [-0.2, -0.15) is 0 Å². The van der Waals surface area contributed by atoms with E-state index in [-0.39, 0.29) is 0 Å². The molecule has 3 nitrogen and oxygen atoms in total. The first-order valence-corrected chi connectivity index (χ1v) is 6.91. The molecular weight excluding hydrogens is 220 g/mol. The lowest BCUT2D eigenvalue weighted by atomic mass is 9.83. The molecule has 5 heteroatoms. The van der Waals surface area contributed by atoms with E-state index in [2.05, 4.69) is 4.90 Å². The number of hydrogen-bond acceptors (Lipinski definition) is 3. The average molecular weight is 243 g/mol. The molecule has 3 unspecified atom stereocenters. The van der Waals surface area contributed by atoms with Crippen molar-refractivity contribution in [2.75, 3.05) is 13.1 Å². The lowest BCUT2D eigenvalue weighted by Crippen LogP contribution is -2.37. The Bertz CT molecular complexity index is 243. The number of fused-ring (bicyclic) bond motifs is 1. The Labute approximate surface area is 103 Å². The van der Waals surface area contributed by atoms with Crippen molar-refractivity contribution in [3.63, 3.8) is 0 Å². The molecular formula is C12H23BFNO2. The maximum Gasteiger partial charge on any atom is 0.451 e. The van der Waals surface area contributed by atoms with E-state index in [0.717, 1.165) is 51.6 Å². The zero-order valence-corrected chi connectivity index (χ0v) is 10.4. The number of likely N-dealkylation sites (tertiary alicyclic amines) is 1. The molecule has 1 saturated heterocycles. The maximum absolute atomic E-state index is 13.3. The molecule has 0 aromatic heterocycles. The first kappa shape index (κ1) is 13.3. The van der Waals surface area contributed by atoms with Crippen molar-refractivity contribution >= 4 is 7.12 Å². The number of alkyl halides is 1. The van der Waals surface area contributed by atoms with Crippen LogP contribution in [-0.4, -0.2) is 47.4 Å². The molecule has 2 aliphatic rings. The Morgan fingerprint density at radius 3 is 2.76 bits per heavy atom. The maximum atomic E-state index is 13.3. The predicted octanol–water partition coefficient (Wildman–Crippen LogP) is 1.45. The van der Waals surface area contributed by atoms with Gasteiger partial charge in [-0.1, -0.05) is 6.42 Å². The van der Waals surface area contributed by atoms with E-state index >= 15 is 0 Å². The third kappa shape index (κ3) is 3.67. The zero-order chi connectivity index (χ0) is 12.3. The molecule has 17 heavy (non-hydrogen) atoms. The van der Waals surface area contributed by atoms with Crippen molar-refractivity contribution < 1.29 is 14.4 Å². The van der Waals surface area contributed by atoms with E-state index in [1.54, 1.807) is 0 Å². The average Bonchev–Trinajstić information content (AvgIpc) is 2.66. The number of nitrogens with zero attached hydrogens (tertiary/aromatic N) is 1. The summed E-state index contributed by atoms with van der Waals surface area (Å²) in [4.78, 5) is 2.49. The quantitative estimate of drug-likeness (QED) is 0.567. The Morgan fingerprint density at radius 2 is 2.00 bits per heavy atom. The van der Waals surface area contributed by atoms with E-state index < -0.39 is 13.3 Å². The monoisotopic (exact) mass is 243 g/mol. The molecule has 0 aromatic rings. The summed E-state index contributed by atoms with van der Waals surface area (Å²) in [7, 11) is -1.16. The zero-order valence-electron chi connectivity index (χ0n) is 10.4. The van der Waals surface area contributed by atoms with Crippen LogP contribution in [0.25, 0.3) is 0 Å². The molecule has 2 fully saturated rings. The van der Waals surface area contributed by atoms with Gasteiger partial charge in [-0.15, -0.1) is 0 Å². The number of halogens is 1. The summed E-state index contributed by atoms with van der Waals surface area (Å²) < 4.78 is 13.3. The van der Waals surface area contributed by atoms with Gasteiger partial charge in [0, 0.05) is 6.04 Å². The molecule has 2 N–H and O–H groups in total. The standard InChI is InChI=1S/C12H23BFNO2/c14-11-3-4-12-10(9-11)5-8-15(12)7-2-1-6-13(16)17/h10-12,16-17H,1-9H2. The van der Waals surface area contributed by atoms with E-state index in [9.17, 15) is 4.39 Å². The molecule has 98 valence electrons. The first-order chi connectivity index (χ1) is 8.16. The molecule has 0 spiro atoms. The fraction of sp³-hybridized carbons (Fsp3) is 1.00. The molecule has 3 atom stereocenters. The lowest BCUT2D eigenvalue weighted by Gasteiger charge is -2.33. The summed E-state index contributed by atoms with van der Waals surface area (Å²) in [5.41, 5.74) is 0. The minimum Gasteiger partial charge on any atom is -0.427 e. The minimum atomic E-state index is -1.16. The van der Waals surface area contributed by atoms with Crippen molar-refractivity contribution in [3.05, 3.63) is 0 Å². The summed E-state index contributed by atoms with van der Waals surface area (Å²) in [5.74, 6) is 0.571. The topological polar surface area (TPSA) is 43.7 Å². The van der Waals surface area contributed by atoms with Gasteiger partial charge in [0.1, 0.15) is 6.17 Å². The van der Waals surface area contributed by atoms with Gasteiger partial charge in [0.05, 0.1) is 0 Å². The van der Waals surface area contributed by atoms with E-state index in [0.29, 0.717) is 18.3 Å². The SMILES string of the molecule is OB(O)CCCCN1CCC2CC(F)CCC21. The summed E-state index contributed by atoms with van der Waals surface area (Å²) in [5, 5.41) is 17.5. The highest BCUT2D eigenvalue weighted by Crippen LogP contribution is 2.37. The summed E-state index contributed by atoms with van der Waals surface area (Å²) in [6, 6.07) is 0.598. The van der Waals surface area contributed by atoms with Gasteiger partial charge >= 0.3 is 7.12 Å². The van der Waals surface area contributed by atoms with Crippen LogP contribution in [0, 0.1) is 5.92 Å². The van der Waals surface area contributed by atoms with Gasteiger partial charge in [0.15, 0.2) is 0 Å². The molecule has 2 rings (SSSR count). The Kier molecular flexibility index (Phi) is 4.82. The molecule has 0 radical (unpaired) electrons. The van der Waals surface area contributed by atoms with Gasteiger partial charge in [0.2, 0.25) is 0 Å². The van der Waals surface area contributed by atoms with Gasteiger partial charge in [0.25, 0.3) is 0 Å². The Hall–Kier alpha value is -0.125. The molecule has 1 heterocycles. The fourth-order valence-electron chi connectivity index (χ4n) is 3.40. The summed E-state index contributed by atoms with van der Waals surface area (Å²) in [6.07, 6.45) is 5.41. The minimum absolute atomic E-state index is 0.467. The lowest BCUT2D eigenvalue weighted by molar-refractivity contribution is 0.126. The molecule has 0 amide bonds. The Morgan fingerprint density at radius 1 is 1.18 bits per heavy atom. The highest BCUT2D eigenvalue weighted by atomic mass is 19.1. The van der Waals surface area contributed by atoms with Gasteiger partial charge in [-0.25, -0.2) is 4.39 Å². The molecule has 0 aromatic carbocycles. The Balaban J connectivity index is 1.68. The van der Waals surface area contributed by atoms with Crippen LogP contribution >= 0.6 is 0 Å². The highest BCUT2D eigenvalue weighted by Gasteiger charge is 2.38. The van der Waals surface area contributed by atoms with Crippen molar-refractivity contribution in [3.8, 4) is 0 Å². The molecule has 1 saturated carbocycles. The van der Waals surface area contributed by atoms with Crippen LogP contribution in [-0.2, 0) is 0 Å². The van der Waals surface area contributed by atoms with Crippen molar-refractivity contribution in [2.24, 2.45) is 5.92 Å². The molecule has 0 bridgehead atoms. The summed E-state index contributed by atoms with van der Waals surface area (Å²) >= 11 is 0. The van der Waals surface area contributed by atoms with Crippen LogP contribution < -0.4 is 0 Å². The van der Waals surface area contributed by atoms with Crippen molar-refractivity contribution in [1.82, 2.24) is 4.90 Å². The van der Waals surface area contributed by atoms with Crippen molar-refractivity contribution in [1.29, 1.82) is 0 Å². The normalized spacial score (nSPS) is 33.7.